The van der Waals surface area contributed by atoms with E-state index in [1.165, 1.54) is 45.0 Å². The first-order chi connectivity index (χ1) is 19.5. The number of halogens is 1. The first-order valence-electron chi connectivity index (χ1n) is 13.2. The summed E-state index contributed by atoms with van der Waals surface area (Å²) in [5.74, 6) is -6.31. The van der Waals surface area contributed by atoms with Crippen molar-refractivity contribution in [1.82, 2.24) is 0 Å². The van der Waals surface area contributed by atoms with Gasteiger partial charge in [0.15, 0.2) is 24.1 Å². The molecule has 0 radical (unpaired) electrons. The lowest BCUT2D eigenvalue weighted by atomic mass is 9.44. The van der Waals surface area contributed by atoms with Gasteiger partial charge in [-0.2, -0.15) is 0 Å². The van der Waals surface area contributed by atoms with Gasteiger partial charge in [0.1, 0.15) is 6.10 Å². The summed E-state index contributed by atoms with van der Waals surface area (Å²) in [4.78, 5) is 53.7. The van der Waals surface area contributed by atoms with Crippen LogP contribution in [0.25, 0.3) is 0 Å². The highest BCUT2D eigenvalue weighted by atomic mass is 19.1. The summed E-state index contributed by atoms with van der Waals surface area (Å²) >= 11 is 0. The van der Waals surface area contributed by atoms with E-state index in [1.807, 2.05) is 13.8 Å². The first-order valence-corrected chi connectivity index (χ1v) is 13.2. The van der Waals surface area contributed by atoms with Crippen molar-refractivity contribution in [2.75, 3.05) is 21.0 Å². The number of allylic oxidation sites excluding steroid dienone is 1. The third-order valence-corrected chi connectivity index (χ3v) is 8.86. The van der Waals surface area contributed by atoms with Gasteiger partial charge in [-0.05, 0) is 60.4 Å². The highest BCUT2D eigenvalue weighted by Gasteiger charge is 2.66. The van der Waals surface area contributed by atoms with Gasteiger partial charge in [0, 0.05) is 18.6 Å². The number of hydrogen-bond acceptors (Lipinski definition) is 10. The summed E-state index contributed by atoms with van der Waals surface area (Å²) < 4.78 is 46.0. The summed E-state index contributed by atoms with van der Waals surface area (Å²) in [5.41, 5.74) is -1.40. The standard InChI is InChI=1S/C30H31FO10/c1-29-9-7-18-28(35)41-23(17-8-10-38-14-17)13-30(18,2)25(29)24(32)22(12-19(29)27(34)37-4)40-26(33)16-5-6-21(20(31)11-16)39-15-36-3/h5-6,8,10-12,14,18-19,23,25H,7,9,13,15H2,1-4H3/t18-,19-,23-,25-,29-,30-/m0/s1. The van der Waals surface area contributed by atoms with Crippen LogP contribution < -0.4 is 4.74 Å². The average molecular weight is 571 g/mol. The number of furan rings is 1. The van der Waals surface area contributed by atoms with Gasteiger partial charge in [-0.3, -0.25) is 14.4 Å². The number of carbonyl (C=O) groups excluding carboxylic acids is 4. The summed E-state index contributed by atoms with van der Waals surface area (Å²) in [7, 11) is 2.63. The molecule has 0 amide bonds. The molecule has 6 atom stereocenters. The number of rotatable bonds is 7. The Hall–Kier alpha value is -3.99. The lowest BCUT2D eigenvalue weighted by Gasteiger charge is -2.59. The fraction of sp³-hybridized carbons (Fsp3) is 0.467. The molecule has 0 spiro atoms. The molecule has 41 heavy (non-hydrogen) atoms. The van der Waals surface area contributed by atoms with E-state index < -0.39 is 64.2 Å². The number of Topliss-reactive ketones (excluding diaryl/α,β-unsaturated/α-hetero) is 1. The Kier molecular flexibility index (Phi) is 7.50. The van der Waals surface area contributed by atoms with Gasteiger partial charge in [-0.1, -0.05) is 13.8 Å². The fourth-order valence-corrected chi connectivity index (χ4v) is 6.91. The van der Waals surface area contributed by atoms with Gasteiger partial charge >= 0.3 is 17.9 Å². The van der Waals surface area contributed by atoms with Crippen LogP contribution in [0, 0.1) is 34.4 Å². The highest BCUT2D eigenvalue weighted by molar-refractivity contribution is 6.03. The Morgan fingerprint density at radius 2 is 1.90 bits per heavy atom. The number of cyclic esters (lactones) is 1. The van der Waals surface area contributed by atoms with Gasteiger partial charge < -0.3 is 28.1 Å². The third-order valence-electron chi connectivity index (χ3n) is 8.86. The molecule has 3 aliphatic rings. The number of methoxy groups -OCH3 is 2. The Morgan fingerprint density at radius 3 is 2.56 bits per heavy atom. The minimum Gasteiger partial charge on any atom is -0.472 e. The maximum absolute atomic E-state index is 14.5. The van der Waals surface area contributed by atoms with Gasteiger partial charge in [0.25, 0.3) is 0 Å². The van der Waals surface area contributed by atoms with Crippen molar-refractivity contribution in [3.8, 4) is 5.75 Å². The number of fused-ring (bicyclic) bond motifs is 3. The van der Waals surface area contributed by atoms with Crippen molar-refractivity contribution in [1.29, 1.82) is 0 Å². The van der Waals surface area contributed by atoms with E-state index in [0.29, 0.717) is 18.4 Å². The molecule has 2 fully saturated rings. The summed E-state index contributed by atoms with van der Waals surface area (Å²) in [6, 6.07) is 5.15. The minimum atomic E-state index is -0.995. The van der Waals surface area contributed by atoms with Crippen molar-refractivity contribution in [3.63, 3.8) is 0 Å². The van der Waals surface area contributed by atoms with E-state index in [2.05, 4.69) is 0 Å². The first kappa shape index (κ1) is 28.5. The molecule has 2 aliphatic carbocycles. The van der Waals surface area contributed by atoms with Crippen LogP contribution in [-0.4, -0.2) is 44.7 Å². The normalized spacial score (nSPS) is 30.8. The second-order valence-electron chi connectivity index (χ2n) is 11.2. The Labute approximate surface area is 235 Å². The monoisotopic (exact) mass is 570 g/mol. The van der Waals surface area contributed by atoms with E-state index in [-0.39, 0.29) is 30.3 Å². The minimum absolute atomic E-state index is 0.129. The zero-order valence-electron chi connectivity index (χ0n) is 23.1. The van der Waals surface area contributed by atoms with Crippen LogP contribution in [0.4, 0.5) is 4.39 Å². The molecule has 2 aromatic rings. The number of esters is 3. The maximum Gasteiger partial charge on any atom is 0.343 e. The van der Waals surface area contributed by atoms with Crippen molar-refractivity contribution in [2.45, 2.75) is 39.2 Å². The van der Waals surface area contributed by atoms with Crippen LogP contribution >= 0.6 is 0 Å². The van der Waals surface area contributed by atoms with Crippen LogP contribution in [0.5, 0.6) is 5.75 Å². The number of ether oxygens (including phenoxy) is 5. The number of benzene rings is 1. The zero-order chi connectivity index (χ0) is 29.5. The molecule has 5 rings (SSSR count). The molecule has 1 saturated heterocycles. The van der Waals surface area contributed by atoms with E-state index >= 15 is 0 Å². The van der Waals surface area contributed by atoms with Crippen LogP contribution in [-0.2, 0) is 33.3 Å². The zero-order valence-corrected chi connectivity index (χ0v) is 23.1. The van der Waals surface area contributed by atoms with Crippen LogP contribution in [0.1, 0.15) is 55.1 Å². The van der Waals surface area contributed by atoms with Crippen molar-refractivity contribution in [3.05, 3.63) is 65.6 Å². The quantitative estimate of drug-likeness (QED) is 0.266. The lowest BCUT2D eigenvalue weighted by Crippen LogP contribution is -2.61. The molecule has 10 nitrogen and oxygen atoms in total. The maximum atomic E-state index is 14.5. The van der Waals surface area contributed by atoms with Crippen molar-refractivity contribution in [2.24, 2.45) is 28.6 Å². The smallest absolute Gasteiger partial charge is 0.343 e. The van der Waals surface area contributed by atoms with E-state index in [9.17, 15) is 23.6 Å². The largest absolute Gasteiger partial charge is 0.472 e. The molecule has 218 valence electrons. The van der Waals surface area contributed by atoms with Crippen LogP contribution in [0.15, 0.2) is 53.0 Å². The van der Waals surface area contributed by atoms with Crippen molar-refractivity contribution >= 4 is 23.7 Å². The topological polar surface area (TPSA) is 128 Å². The molecule has 1 aliphatic heterocycles. The predicted octanol–water partition coefficient (Wildman–Crippen LogP) is 4.54. The predicted molar refractivity (Wildman–Crippen MR) is 138 cm³/mol. The second kappa shape index (κ2) is 10.8. The lowest BCUT2D eigenvalue weighted by molar-refractivity contribution is -0.197. The number of carbonyl (C=O) groups is 4. The van der Waals surface area contributed by atoms with E-state index in [0.717, 1.165) is 6.07 Å². The van der Waals surface area contributed by atoms with Crippen LogP contribution in [0.3, 0.4) is 0 Å². The van der Waals surface area contributed by atoms with Gasteiger partial charge in [0.05, 0.1) is 37.0 Å². The molecular weight excluding hydrogens is 539 g/mol. The van der Waals surface area contributed by atoms with Crippen molar-refractivity contribution < 1.29 is 51.7 Å². The Balaban J connectivity index is 1.51. The molecule has 0 bridgehead atoms. The fourth-order valence-electron chi connectivity index (χ4n) is 6.91. The summed E-state index contributed by atoms with van der Waals surface area (Å²) in [6.07, 6.45) is 4.67. The van der Waals surface area contributed by atoms with Gasteiger partial charge in [-0.25, -0.2) is 9.18 Å². The average Bonchev–Trinajstić information content (AvgIpc) is 3.48. The highest BCUT2D eigenvalue weighted by Crippen LogP contribution is 2.64. The molecule has 1 aromatic heterocycles. The molecule has 2 heterocycles. The molecule has 11 heteroatoms. The molecule has 0 N–H and O–H groups in total. The second-order valence-corrected chi connectivity index (χ2v) is 11.2. The SMILES string of the molecule is COCOc1ccc(C(=O)OC2=C[C@@H](C(=O)OC)[C@]3(C)CC[C@H]4C(=O)O[C@H](c5ccoc5)C[C@]4(C)[C@H]3C2=O)cc1F. The van der Waals surface area contributed by atoms with Gasteiger partial charge in [0.2, 0.25) is 5.78 Å². The van der Waals surface area contributed by atoms with E-state index in [4.69, 9.17) is 28.1 Å². The molecular formula is C30H31FO10. The Bertz CT molecular complexity index is 1400. The van der Waals surface area contributed by atoms with Crippen LogP contribution in [0.2, 0.25) is 0 Å². The van der Waals surface area contributed by atoms with Gasteiger partial charge in [-0.15, -0.1) is 0 Å². The number of ketones is 1. The molecule has 1 saturated carbocycles. The molecule has 1 aromatic carbocycles. The summed E-state index contributed by atoms with van der Waals surface area (Å²) in [5, 5.41) is 0. The summed E-state index contributed by atoms with van der Waals surface area (Å²) in [6.45, 7) is 3.49. The molecule has 0 unspecified atom stereocenters. The van der Waals surface area contributed by atoms with E-state index in [1.54, 1.807) is 6.07 Å². The third kappa shape index (κ3) is 4.81. The number of hydrogen-bond donors (Lipinski definition) is 0. The Morgan fingerprint density at radius 1 is 1.12 bits per heavy atom.